The summed E-state index contributed by atoms with van der Waals surface area (Å²) < 4.78 is 1.77. The van der Waals surface area contributed by atoms with Crippen molar-refractivity contribution in [2.75, 3.05) is 0 Å². The van der Waals surface area contributed by atoms with Gasteiger partial charge in [-0.05, 0) is 18.4 Å². The molecule has 7 heteroatoms. The predicted molar refractivity (Wildman–Crippen MR) is 79.6 cm³/mol. The molecule has 2 aliphatic rings. The molecule has 1 atom stereocenters. The van der Waals surface area contributed by atoms with Gasteiger partial charge in [-0.15, -0.1) is 10.2 Å². The van der Waals surface area contributed by atoms with E-state index in [0.717, 1.165) is 29.9 Å². The fraction of sp³-hybridized carbons (Fsp3) is 0.333. The van der Waals surface area contributed by atoms with E-state index in [-0.39, 0.29) is 11.7 Å². The molecule has 1 fully saturated rings. The molecule has 1 aromatic carbocycles. The standard InChI is InChI=1S/C15H14N4O2S/c20-12(21)8-11-13(9-4-2-1-3-5-9)18-19-14(10-6-7-10)16-17-15(19)22-11/h1-5,10-11H,6-8H2,(H,20,21)/p-1/t11-/m1/s1. The number of aromatic nitrogens is 3. The minimum atomic E-state index is -1.09. The number of hydrogen-bond acceptors (Lipinski definition) is 6. The smallest absolute Gasteiger partial charge is 0.212 e. The Bertz CT molecular complexity index is 752. The molecule has 1 aromatic heterocycles. The monoisotopic (exact) mass is 313 g/mol. The second-order valence-electron chi connectivity index (χ2n) is 5.46. The fourth-order valence-electron chi connectivity index (χ4n) is 2.54. The first kappa shape index (κ1) is 13.5. The molecule has 6 nitrogen and oxygen atoms in total. The average molecular weight is 313 g/mol. The second-order valence-corrected chi connectivity index (χ2v) is 6.63. The number of thioether (sulfide) groups is 1. The van der Waals surface area contributed by atoms with Crippen molar-refractivity contribution in [2.24, 2.45) is 5.10 Å². The molecule has 0 bridgehead atoms. The molecule has 0 N–H and O–H groups in total. The van der Waals surface area contributed by atoms with Crippen LogP contribution in [0.4, 0.5) is 0 Å². The Kier molecular flexibility index (Phi) is 3.22. The molecule has 0 saturated heterocycles. The number of carbonyl (C=O) groups excluding carboxylic acids is 1. The van der Waals surface area contributed by atoms with Crippen molar-refractivity contribution in [3.63, 3.8) is 0 Å². The highest BCUT2D eigenvalue weighted by molar-refractivity contribution is 8.00. The van der Waals surface area contributed by atoms with Crippen molar-refractivity contribution in [2.45, 2.75) is 35.6 Å². The van der Waals surface area contributed by atoms with Gasteiger partial charge in [0.1, 0.15) is 0 Å². The molecule has 22 heavy (non-hydrogen) atoms. The van der Waals surface area contributed by atoms with E-state index in [9.17, 15) is 9.90 Å². The molecule has 0 amide bonds. The van der Waals surface area contributed by atoms with E-state index in [1.807, 2.05) is 30.3 Å². The van der Waals surface area contributed by atoms with Crippen molar-refractivity contribution in [3.05, 3.63) is 41.7 Å². The normalized spacial score (nSPS) is 20.4. The molecular weight excluding hydrogens is 300 g/mol. The van der Waals surface area contributed by atoms with Crippen molar-refractivity contribution < 1.29 is 9.90 Å². The van der Waals surface area contributed by atoms with Gasteiger partial charge in [-0.1, -0.05) is 42.1 Å². The zero-order valence-corrected chi connectivity index (χ0v) is 12.5. The summed E-state index contributed by atoms with van der Waals surface area (Å²) in [5.41, 5.74) is 1.66. The number of fused-ring (bicyclic) bond motifs is 1. The van der Waals surface area contributed by atoms with Gasteiger partial charge in [-0.25, -0.2) is 0 Å². The molecule has 112 valence electrons. The van der Waals surface area contributed by atoms with Crippen molar-refractivity contribution >= 4 is 23.4 Å². The van der Waals surface area contributed by atoms with E-state index in [4.69, 9.17) is 0 Å². The van der Waals surface area contributed by atoms with E-state index < -0.39 is 5.97 Å². The van der Waals surface area contributed by atoms with Crippen LogP contribution in [-0.4, -0.2) is 31.8 Å². The highest BCUT2D eigenvalue weighted by Crippen LogP contribution is 2.42. The summed E-state index contributed by atoms with van der Waals surface area (Å²) in [6.45, 7) is 0. The van der Waals surface area contributed by atoms with Gasteiger partial charge in [0.25, 0.3) is 0 Å². The summed E-state index contributed by atoms with van der Waals surface area (Å²) >= 11 is 1.39. The molecule has 1 saturated carbocycles. The van der Waals surface area contributed by atoms with E-state index in [1.165, 1.54) is 11.8 Å². The van der Waals surface area contributed by atoms with Gasteiger partial charge >= 0.3 is 0 Å². The third-order valence-electron chi connectivity index (χ3n) is 3.76. The molecule has 0 radical (unpaired) electrons. The summed E-state index contributed by atoms with van der Waals surface area (Å²) in [7, 11) is 0. The Morgan fingerprint density at radius 2 is 2.05 bits per heavy atom. The van der Waals surface area contributed by atoms with E-state index in [1.54, 1.807) is 4.68 Å². The van der Waals surface area contributed by atoms with Crippen LogP contribution in [-0.2, 0) is 4.79 Å². The fourth-order valence-corrected chi connectivity index (χ4v) is 3.63. The maximum absolute atomic E-state index is 11.1. The van der Waals surface area contributed by atoms with Crippen LogP contribution >= 0.6 is 11.8 Å². The largest absolute Gasteiger partial charge is 0.550 e. The number of carbonyl (C=O) groups is 1. The number of carboxylic acid groups (broad SMARTS) is 1. The van der Waals surface area contributed by atoms with Crippen LogP contribution in [0.5, 0.6) is 0 Å². The summed E-state index contributed by atoms with van der Waals surface area (Å²) in [5, 5.41) is 24.5. The van der Waals surface area contributed by atoms with Crippen LogP contribution in [0.2, 0.25) is 0 Å². The second kappa shape index (κ2) is 5.24. The summed E-state index contributed by atoms with van der Waals surface area (Å²) in [5.74, 6) is 0.222. The van der Waals surface area contributed by atoms with Crippen LogP contribution in [0.1, 0.15) is 36.6 Å². The molecule has 4 rings (SSSR count). The minimum absolute atomic E-state index is 0.0932. The van der Waals surface area contributed by atoms with Crippen LogP contribution in [0.15, 0.2) is 40.6 Å². The third-order valence-corrected chi connectivity index (χ3v) is 4.90. The topological polar surface area (TPSA) is 83.2 Å². The van der Waals surface area contributed by atoms with Gasteiger partial charge in [-0.2, -0.15) is 9.78 Å². The molecule has 1 aliphatic heterocycles. The lowest BCUT2D eigenvalue weighted by molar-refractivity contribution is -0.305. The van der Waals surface area contributed by atoms with E-state index in [0.29, 0.717) is 11.1 Å². The quantitative estimate of drug-likeness (QED) is 0.841. The van der Waals surface area contributed by atoms with Crippen LogP contribution in [0.25, 0.3) is 0 Å². The lowest BCUT2D eigenvalue weighted by atomic mass is 10.1. The summed E-state index contributed by atoms with van der Waals surface area (Å²) in [6, 6.07) is 9.64. The van der Waals surface area contributed by atoms with Gasteiger partial charge in [-0.3, -0.25) is 0 Å². The number of nitrogens with zero attached hydrogens (tertiary/aromatic N) is 4. The molecule has 0 unspecified atom stereocenters. The van der Waals surface area contributed by atoms with Gasteiger partial charge in [0.05, 0.1) is 11.0 Å². The molecule has 1 aliphatic carbocycles. The Balaban J connectivity index is 1.79. The van der Waals surface area contributed by atoms with Crippen molar-refractivity contribution in [1.29, 1.82) is 0 Å². The zero-order valence-electron chi connectivity index (χ0n) is 11.7. The number of carboxylic acids is 1. The Morgan fingerprint density at radius 3 is 2.73 bits per heavy atom. The molecular formula is C15H13N4O2S-. The Labute approximate surface area is 131 Å². The Morgan fingerprint density at radius 1 is 1.27 bits per heavy atom. The zero-order chi connectivity index (χ0) is 15.1. The minimum Gasteiger partial charge on any atom is -0.550 e. The molecule has 0 spiro atoms. The van der Waals surface area contributed by atoms with Crippen LogP contribution < -0.4 is 5.11 Å². The number of benzene rings is 1. The lowest BCUT2D eigenvalue weighted by Gasteiger charge is -2.23. The Hall–Kier alpha value is -2.15. The molecule has 2 heterocycles. The maximum atomic E-state index is 11.1. The summed E-state index contributed by atoms with van der Waals surface area (Å²) in [6.07, 6.45) is 2.13. The maximum Gasteiger partial charge on any atom is 0.212 e. The number of rotatable bonds is 4. The first-order chi connectivity index (χ1) is 10.7. The first-order valence-corrected chi connectivity index (χ1v) is 8.06. The van der Waals surface area contributed by atoms with E-state index >= 15 is 0 Å². The van der Waals surface area contributed by atoms with Gasteiger partial charge in [0.15, 0.2) is 5.82 Å². The molecule has 2 aromatic rings. The highest BCUT2D eigenvalue weighted by Gasteiger charge is 2.34. The van der Waals surface area contributed by atoms with Crippen molar-refractivity contribution in [1.82, 2.24) is 14.9 Å². The van der Waals surface area contributed by atoms with Gasteiger partial charge in [0, 0.05) is 18.3 Å². The first-order valence-electron chi connectivity index (χ1n) is 7.18. The SMILES string of the molecule is O=C([O-])C[C@H]1Sc2nnc(C3CC3)n2N=C1c1ccccc1. The average Bonchev–Trinajstić information content (AvgIpc) is 3.27. The summed E-state index contributed by atoms with van der Waals surface area (Å²) in [4.78, 5) is 11.1. The van der Waals surface area contributed by atoms with Gasteiger partial charge < -0.3 is 9.90 Å². The number of hydrogen-bond donors (Lipinski definition) is 0. The lowest BCUT2D eigenvalue weighted by Crippen LogP contribution is -2.33. The van der Waals surface area contributed by atoms with Crippen LogP contribution in [0, 0.1) is 0 Å². The highest BCUT2D eigenvalue weighted by atomic mass is 32.2. The van der Waals surface area contributed by atoms with Gasteiger partial charge in [0.2, 0.25) is 5.16 Å². The van der Waals surface area contributed by atoms with E-state index in [2.05, 4.69) is 15.3 Å². The predicted octanol–water partition coefficient (Wildman–Crippen LogP) is 1.02. The number of aliphatic carboxylic acids is 1. The van der Waals surface area contributed by atoms with Crippen molar-refractivity contribution in [3.8, 4) is 0 Å². The third kappa shape index (κ3) is 2.41. The van der Waals surface area contributed by atoms with Crippen LogP contribution in [0.3, 0.4) is 0 Å².